The average Bonchev–Trinajstić information content (AvgIpc) is 2.93. The molecule has 6 nitrogen and oxygen atoms in total. The summed E-state index contributed by atoms with van der Waals surface area (Å²) in [6.07, 6.45) is 0.216. The lowest BCUT2D eigenvalue weighted by atomic mass is 10.2. The molecule has 0 aromatic heterocycles. The number of hydrogen-bond donors (Lipinski definition) is 1. The lowest BCUT2D eigenvalue weighted by Crippen LogP contribution is -2.40. The number of sulfone groups is 1. The highest BCUT2D eigenvalue weighted by Crippen LogP contribution is 2.25. The van der Waals surface area contributed by atoms with Crippen molar-refractivity contribution >= 4 is 21.6 Å². The van der Waals surface area contributed by atoms with Crippen LogP contribution < -0.4 is 10.2 Å². The van der Waals surface area contributed by atoms with Crippen LogP contribution in [-0.2, 0) is 14.6 Å². The third-order valence-corrected chi connectivity index (χ3v) is 5.07. The van der Waals surface area contributed by atoms with Crippen LogP contribution in [0.5, 0.6) is 0 Å². The molecular formula is C16H22F2N2O4S. The van der Waals surface area contributed by atoms with Gasteiger partial charge in [-0.3, -0.25) is 0 Å². The second kappa shape index (κ2) is 7.15. The Morgan fingerprint density at radius 3 is 2.40 bits per heavy atom. The molecule has 1 N–H and O–H groups in total. The number of ether oxygens (including phenoxy) is 1. The zero-order valence-corrected chi connectivity index (χ0v) is 15.1. The number of alkyl carbamates (subject to hydrolysis) is 1. The monoisotopic (exact) mass is 376 g/mol. The fraction of sp³-hybridized carbons (Fsp3) is 0.562. The maximum atomic E-state index is 12.5. The fourth-order valence-corrected chi connectivity index (χ4v) is 3.26. The van der Waals surface area contributed by atoms with Crippen LogP contribution in [0.2, 0.25) is 0 Å². The summed E-state index contributed by atoms with van der Waals surface area (Å²) in [5.74, 6) is -3.44. The second-order valence-corrected chi connectivity index (χ2v) is 8.80. The lowest BCUT2D eigenvalue weighted by molar-refractivity contribution is 0.0509. The van der Waals surface area contributed by atoms with E-state index in [4.69, 9.17) is 4.74 Å². The van der Waals surface area contributed by atoms with Crippen LogP contribution in [0.3, 0.4) is 0 Å². The third kappa shape index (κ3) is 5.04. The predicted octanol–water partition coefficient (Wildman–Crippen LogP) is 2.79. The Morgan fingerprint density at radius 2 is 1.88 bits per heavy atom. The molecule has 1 amide bonds. The number of nitrogens with zero attached hydrogens (tertiary/aromatic N) is 1. The first kappa shape index (κ1) is 19.4. The van der Waals surface area contributed by atoms with Gasteiger partial charge in [-0.1, -0.05) is 0 Å². The van der Waals surface area contributed by atoms with Crippen LogP contribution in [0.25, 0.3) is 0 Å². The third-order valence-electron chi connectivity index (χ3n) is 3.67. The minimum Gasteiger partial charge on any atom is -0.444 e. The van der Waals surface area contributed by atoms with Crippen LogP contribution in [0.1, 0.15) is 27.2 Å². The van der Waals surface area contributed by atoms with Crippen LogP contribution in [-0.4, -0.2) is 45.0 Å². The normalized spacial score (nSPS) is 18.5. The van der Waals surface area contributed by atoms with Gasteiger partial charge in [-0.15, -0.1) is 0 Å². The molecule has 1 saturated heterocycles. The minimum atomic E-state index is -4.59. The number of hydrogen-bond acceptors (Lipinski definition) is 5. The minimum absolute atomic E-state index is 0.0978. The topological polar surface area (TPSA) is 75.7 Å². The number of benzene rings is 1. The SMILES string of the molecule is CC(C)(C)OC(=O)NC1CCN(c2ccc(S(=O)(=O)C(F)F)cc2)C1. The highest BCUT2D eigenvalue weighted by atomic mass is 32.2. The summed E-state index contributed by atoms with van der Waals surface area (Å²) >= 11 is 0. The molecule has 9 heteroatoms. The molecule has 0 saturated carbocycles. The first-order valence-electron chi connectivity index (χ1n) is 7.85. The van der Waals surface area contributed by atoms with Crippen LogP contribution >= 0.6 is 0 Å². The molecule has 1 aliphatic heterocycles. The molecule has 1 heterocycles. The van der Waals surface area contributed by atoms with Crippen molar-refractivity contribution in [1.29, 1.82) is 0 Å². The van der Waals surface area contributed by atoms with Crippen molar-refractivity contribution in [2.24, 2.45) is 0 Å². The Labute approximate surface area is 146 Å². The molecule has 1 atom stereocenters. The summed E-state index contributed by atoms with van der Waals surface area (Å²) in [4.78, 5) is 13.3. The van der Waals surface area contributed by atoms with Crippen LogP contribution in [0.4, 0.5) is 19.3 Å². The smallest absolute Gasteiger partial charge is 0.407 e. The molecular weight excluding hydrogens is 354 g/mol. The van der Waals surface area contributed by atoms with Crippen LogP contribution in [0, 0.1) is 0 Å². The Morgan fingerprint density at radius 1 is 1.28 bits per heavy atom. The average molecular weight is 376 g/mol. The van der Waals surface area contributed by atoms with E-state index in [-0.39, 0.29) is 6.04 Å². The predicted molar refractivity (Wildman–Crippen MR) is 89.6 cm³/mol. The molecule has 0 bridgehead atoms. The van der Waals surface area contributed by atoms with Crippen molar-refractivity contribution in [3.05, 3.63) is 24.3 Å². The molecule has 2 rings (SSSR count). The van der Waals surface area contributed by atoms with Crippen molar-refractivity contribution in [2.75, 3.05) is 18.0 Å². The van der Waals surface area contributed by atoms with E-state index in [1.54, 1.807) is 20.8 Å². The number of halogens is 2. The lowest BCUT2D eigenvalue weighted by Gasteiger charge is -2.22. The number of carbonyl (C=O) groups is 1. The highest BCUT2D eigenvalue weighted by Gasteiger charge is 2.28. The zero-order valence-electron chi connectivity index (χ0n) is 14.3. The van der Waals surface area contributed by atoms with Crippen molar-refractivity contribution in [3.63, 3.8) is 0 Å². The summed E-state index contributed by atoms with van der Waals surface area (Å²) < 4.78 is 53.1. The van der Waals surface area contributed by atoms with Crippen molar-refractivity contribution in [2.45, 2.75) is 49.5 Å². The van der Waals surface area contributed by atoms with Crippen molar-refractivity contribution in [1.82, 2.24) is 5.32 Å². The standard InChI is InChI=1S/C16H22F2N2O4S/c1-16(2,3)24-15(21)19-11-8-9-20(10-11)12-4-6-13(7-5-12)25(22,23)14(17)18/h4-7,11,14H,8-10H2,1-3H3,(H,19,21). The van der Waals surface area contributed by atoms with Gasteiger partial charge in [-0.25, -0.2) is 13.2 Å². The summed E-state index contributed by atoms with van der Waals surface area (Å²) in [5.41, 5.74) is 0.135. The molecule has 1 aromatic rings. The molecule has 1 aromatic carbocycles. The maximum absolute atomic E-state index is 12.5. The van der Waals surface area contributed by atoms with Gasteiger partial charge < -0.3 is 15.0 Å². The number of rotatable bonds is 4. The van der Waals surface area contributed by atoms with Gasteiger partial charge in [0.2, 0.25) is 9.84 Å². The van der Waals surface area contributed by atoms with E-state index >= 15 is 0 Å². The van der Waals surface area contributed by atoms with E-state index in [2.05, 4.69) is 5.32 Å². The summed E-state index contributed by atoms with van der Waals surface area (Å²) in [7, 11) is -4.59. The van der Waals surface area contributed by atoms with Gasteiger partial charge in [-0.2, -0.15) is 8.78 Å². The summed E-state index contributed by atoms with van der Waals surface area (Å²) in [6.45, 7) is 6.52. The molecule has 0 spiro atoms. The van der Waals surface area contributed by atoms with Gasteiger partial charge in [0.05, 0.1) is 10.9 Å². The summed E-state index contributed by atoms with van der Waals surface area (Å²) in [6, 6.07) is 5.23. The van der Waals surface area contributed by atoms with Gasteiger partial charge in [0, 0.05) is 18.8 Å². The number of amides is 1. The van der Waals surface area contributed by atoms with E-state index in [1.807, 2.05) is 4.90 Å². The van der Waals surface area contributed by atoms with Gasteiger partial charge in [0.15, 0.2) is 0 Å². The van der Waals surface area contributed by atoms with Gasteiger partial charge in [0.1, 0.15) is 5.60 Å². The Hall–Kier alpha value is -1.90. The zero-order chi connectivity index (χ0) is 18.8. The number of carbonyl (C=O) groups excluding carboxylic acids is 1. The molecule has 25 heavy (non-hydrogen) atoms. The van der Waals surface area contributed by atoms with Gasteiger partial charge >= 0.3 is 11.9 Å². The maximum Gasteiger partial charge on any atom is 0.407 e. The van der Waals surface area contributed by atoms with E-state index in [0.29, 0.717) is 25.2 Å². The summed E-state index contributed by atoms with van der Waals surface area (Å²) in [5, 5.41) is 2.79. The first-order chi connectivity index (χ1) is 11.5. The van der Waals surface area contributed by atoms with Gasteiger partial charge in [-0.05, 0) is 51.5 Å². The Bertz CT molecular complexity index is 715. The van der Waals surface area contributed by atoms with Crippen LogP contribution in [0.15, 0.2) is 29.2 Å². The fourth-order valence-electron chi connectivity index (χ4n) is 2.54. The molecule has 0 radical (unpaired) electrons. The quantitative estimate of drug-likeness (QED) is 0.875. The van der Waals surface area contributed by atoms with Gasteiger partial charge in [0.25, 0.3) is 0 Å². The molecule has 1 unspecified atom stereocenters. The molecule has 1 aliphatic rings. The second-order valence-electron chi connectivity index (χ2n) is 6.88. The number of anilines is 1. The first-order valence-corrected chi connectivity index (χ1v) is 9.40. The molecule has 0 aliphatic carbocycles. The molecule has 140 valence electrons. The Kier molecular flexibility index (Phi) is 5.55. The van der Waals surface area contributed by atoms with Crippen molar-refractivity contribution in [3.8, 4) is 0 Å². The van der Waals surface area contributed by atoms with Crippen molar-refractivity contribution < 1.29 is 26.7 Å². The number of nitrogens with one attached hydrogen (secondary N) is 1. The van der Waals surface area contributed by atoms with E-state index < -0.39 is 32.2 Å². The largest absolute Gasteiger partial charge is 0.444 e. The highest BCUT2D eigenvalue weighted by molar-refractivity contribution is 7.91. The van der Waals surface area contributed by atoms with E-state index in [1.165, 1.54) is 24.3 Å². The Balaban J connectivity index is 1.97. The number of alkyl halides is 2. The molecule has 1 fully saturated rings. The van der Waals surface area contributed by atoms with E-state index in [0.717, 1.165) is 0 Å². The van der Waals surface area contributed by atoms with E-state index in [9.17, 15) is 22.0 Å².